The van der Waals surface area contributed by atoms with Crippen LogP contribution in [0.4, 0.5) is 17.6 Å². The van der Waals surface area contributed by atoms with E-state index in [0.29, 0.717) is 12.7 Å². The van der Waals surface area contributed by atoms with Crippen LogP contribution in [0, 0.1) is 5.82 Å². The molecular weight excluding hydrogens is 290 g/mol. The van der Waals surface area contributed by atoms with Crippen LogP contribution in [0.1, 0.15) is 22.8 Å². The lowest BCUT2D eigenvalue weighted by atomic mass is 10.1. The number of halogens is 4. The molecule has 0 bridgehead atoms. The van der Waals surface area contributed by atoms with Gasteiger partial charge in [0.2, 0.25) is 0 Å². The number of benzene rings is 1. The Labute approximate surface area is 119 Å². The van der Waals surface area contributed by atoms with Gasteiger partial charge in [-0.2, -0.15) is 13.2 Å². The molecule has 0 fully saturated rings. The lowest BCUT2D eigenvalue weighted by molar-refractivity contribution is -0.140. The van der Waals surface area contributed by atoms with Crippen LogP contribution in [0.2, 0.25) is 0 Å². The van der Waals surface area contributed by atoms with Crippen LogP contribution in [-0.4, -0.2) is 25.7 Å². The molecule has 0 aromatic heterocycles. The van der Waals surface area contributed by atoms with Gasteiger partial charge in [0, 0.05) is 6.54 Å². The third-order valence-corrected chi connectivity index (χ3v) is 2.43. The number of carbonyl (C=O) groups excluding carboxylic acids is 1. The zero-order valence-electron chi connectivity index (χ0n) is 11.4. The second-order valence-electron chi connectivity index (χ2n) is 4.43. The first-order valence-electron chi connectivity index (χ1n) is 6.09. The van der Waals surface area contributed by atoms with E-state index in [4.69, 9.17) is 4.74 Å². The highest BCUT2D eigenvalue weighted by Crippen LogP contribution is 2.32. The molecule has 3 nitrogen and oxygen atoms in total. The van der Waals surface area contributed by atoms with Gasteiger partial charge in [-0.3, -0.25) is 4.79 Å². The lowest BCUT2D eigenvalue weighted by Gasteiger charge is -2.11. The van der Waals surface area contributed by atoms with Crippen LogP contribution in [-0.2, 0) is 10.9 Å². The summed E-state index contributed by atoms with van der Waals surface area (Å²) in [7, 11) is 0. The first-order valence-corrected chi connectivity index (χ1v) is 6.09. The fourth-order valence-electron chi connectivity index (χ4n) is 1.50. The molecule has 0 atom stereocenters. The summed E-state index contributed by atoms with van der Waals surface area (Å²) in [6, 6.07) is 2.56. The predicted octanol–water partition coefficient (Wildman–Crippen LogP) is 3.17. The lowest BCUT2D eigenvalue weighted by Crippen LogP contribution is -2.28. The molecular formula is C14H15F4NO2. The van der Waals surface area contributed by atoms with Crippen molar-refractivity contribution >= 4 is 5.91 Å². The van der Waals surface area contributed by atoms with Crippen molar-refractivity contribution in [3.05, 3.63) is 47.3 Å². The molecule has 0 saturated heterocycles. The van der Waals surface area contributed by atoms with Crippen LogP contribution in [0.25, 0.3) is 0 Å². The largest absolute Gasteiger partial charge is 0.419 e. The summed E-state index contributed by atoms with van der Waals surface area (Å²) in [4.78, 5) is 11.7. The van der Waals surface area contributed by atoms with E-state index in [1.54, 1.807) is 6.92 Å². The first kappa shape index (κ1) is 17.2. The maximum absolute atomic E-state index is 13.7. The molecule has 0 unspecified atom stereocenters. The molecule has 0 radical (unpaired) electrons. The van der Waals surface area contributed by atoms with Gasteiger partial charge in [-0.05, 0) is 19.1 Å². The van der Waals surface area contributed by atoms with Gasteiger partial charge < -0.3 is 10.1 Å². The number of rotatable bonds is 6. The van der Waals surface area contributed by atoms with Gasteiger partial charge in [0.05, 0.1) is 24.3 Å². The second kappa shape index (κ2) is 7.21. The number of ether oxygens (including phenoxy) is 1. The molecule has 0 spiro atoms. The molecule has 0 heterocycles. The third-order valence-electron chi connectivity index (χ3n) is 2.43. The molecule has 1 aromatic rings. The van der Waals surface area contributed by atoms with E-state index in [2.05, 4.69) is 11.9 Å². The van der Waals surface area contributed by atoms with Crippen LogP contribution in [0.15, 0.2) is 30.4 Å². The third kappa shape index (κ3) is 5.18. The average molecular weight is 305 g/mol. The molecule has 1 N–H and O–H groups in total. The summed E-state index contributed by atoms with van der Waals surface area (Å²) in [5.41, 5.74) is -1.32. The Kier molecular flexibility index (Phi) is 5.90. The highest BCUT2D eigenvalue weighted by atomic mass is 19.4. The summed E-state index contributed by atoms with van der Waals surface area (Å²) < 4.78 is 56.3. The van der Waals surface area contributed by atoms with E-state index in [1.165, 1.54) is 0 Å². The molecule has 21 heavy (non-hydrogen) atoms. The number of alkyl halides is 3. The minimum absolute atomic E-state index is 0.0573. The molecule has 1 rings (SSSR count). The number of carbonyl (C=O) groups is 1. The van der Waals surface area contributed by atoms with E-state index in [0.717, 1.165) is 17.7 Å². The van der Waals surface area contributed by atoms with Crippen molar-refractivity contribution in [1.82, 2.24) is 5.32 Å². The maximum atomic E-state index is 13.7. The van der Waals surface area contributed by atoms with Gasteiger partial charge >= 0.3 is 6.18 Å². The number of hydrogen-bond acceptors (Lipinski definition) is 2. The van der Waals surface area contributed by atoms with Crippen molar-refractivity contribution in [3.63, 3.8) is 0 Å². The monoisotopic (exact) mass is 305 g/mol. The quantitative estimate of drug-likeness (QED) is 0.498. The Bertz CT molecular complexity index is 526. The molecule has 0 aliphatic rings. The molecule has 7 heteroatoms. The number of amides is 1. The minimum Gasteiger partial charge on any atom is -0.375 e. The van der Waals surface area contributed by atoms with Gasteiger partial charge in [-0.15, -0.1) is 0 Å². The molecule has 0 aliphatic carbocycles. The molecule has 116 valence electrons. The minimum atomic E-state index is -4.84. The summed E-state index contributed by atoms with van der Waals surface area (Å²) in [6.07, 6.45) is -4.84. The van der Waals surface area contributed by atoms with Gasteiger partial charge in [0.15, 0.2) is 0 Å². The fraction of sp³-hybridized carbons (Fsp3) is 0.357. The summed E-state index contributed by atoms with van der Waals surface area (Å²) in [5.74, 6) is -2.50. The standard InChI is InChI=1S/C14H15F4NO2/c1-9(2)8-21-7-6-19-13(20)10-4-3-5-11(12(10)15)14(16,17)18/h3-5H,1,6-8H2,2H3,(H,19,20). The second-order valence-corrected chi connectivity index (χ2v) is 4.43. The summed E-state index contributed by atoms with van der Waals surface area (Å²) >= 11 is 0. The zero-order valence-corrected chi connectivity index (χ0v) is 11.4. The Morgan fingerprint density at radius 2 is 2.05 bits per heavy atom. The van der Waals surface area contributed by atoms with Crippen LogP contribution >= 0.6 is 0 Å². The Morgan fingerprint density at radius 1 is 1.38 bits per heavy atom. The van der Waals surface area contributed by atoms with Crippen LogP contribution < -0.4 is 5.32 Å². The average Bonchev–Trinajstić information content (AvgIpc) is 2.36. The van der Waals surface area contributed by atoms with Crippen molar-refractivity contribution < 1.29 is 27.1 Å². The van der Waals surface area contributed by atoms with Crippen molar-refractivity contribution in [1.29, 1.82) is 0 Å². The molecule has 0 aliphatic heterocycles. The SMILES string of the molecule is C=C(C)COCCNC(=O)c1cccc(C(F)(F)F)c1F. The van der Waals surface area contributed by atoms with Crippen molar-refractivity contribution in [3.8, 4) is 0 Å². The molecule has 1 aromatic carbocycles. The fourth-order valence-corrected chi connectivity index (χ4v) is 1.50. The molecule has 1 amide bonds. The predicted molar refractivity (Wildman–Crippen MR) is 69.4 cm³/mol. The molecule has 0 saturated carbocycles. The van der Waals surface area contributed by atoms with Crippen molar-refractivity contribution in [2.45, 2.75) is 13.1 Å². The van der Waals surface area contributed by atoms with Crippen molar-refractivity contribution in [2.75, 3.05) is 19.8 Å². The Hall–Kier alpha value is -1.89. The number of nitrogens with one attached hydrogen (secondary N) is 1. The zero-order chi connectivity index (χ0) is 16.0. The topological polar surface area (TPSA) is 38.3 Å². The van der Waals surface area contributed by atoms with Gasteiger partial charge in [0.25, 0.3) is 5.91 Å². The smallest absolute Gasteiger partial charge is 0.375 e. The normalized spacial score (nSPS) is 11.3. The highest BCUT2D eigenvalue weighted by molar-refractivity contribution is 5.94. The van der Waals surface area contributed by atoms with Crippen molar-refractivity contribution in [2.24, 2.45) is 0 Å². The van der Waals surface area contributed by atoms with E-state index in [9.17, 15) is 22.4 Å². The van der Waals surface area contributed by atoms with E-state index >= 15 is 0 Å². The van der Waals surface area contributed by atoms with E-state index in [-0.39, 0.29) is 13.2 Å². The summed E-state index contributed by atoms with van der Waals surface area (Å²) in [6.45, 7) is 5.89. The van der Waals surface area contributed by atoms with E-state index in [1.807, 2.05) is 0 Å². The number of hydrogen-bond donors (Lipinski definition) is 1. The van der Waals surface area contributed by atoms with Crippen LogP contribution in [0.5, 0.6) is 0 Å². The first-order chi connectivity index (χ1) is 9.73. The van der Waals surface area contributed by atoms with E-state index < -0.39 is 29.0 Å². The van der Waals surface area contributed by atoms with Gasteiger partial charge in [-0.25, -0.2) is 4.39 Å². The van der Waals surface area contributed by atoms with Crippen LogP contribution in [0.3, 0.4) is 0 Å². The van der Waals surface area contributed by atoms with Gasteiger partial charge in [-0.1, -0.05) is 18.2 Å². The summed E-state index contributed by atoms with van der Waals surface area (Å²) in [5, 5.41) is 2.29. The highest BCUT2D eigenvalue weighted by Gasteiger charge is 2.35. The Balaban J connectivity index is 2.65. The van der Waals surface area contributed by atoms with Gasteiger partial charge in [0.1, 0.15) is 5.82 Å². The maximum Gasteiger partial charge on any atom is 0.419 e. The Morgan fingerprint density at radius 3 is 2.62 bits per heavy atom.